The first-order valence-electron chi connectivity index (χ1n) is 9.39. The van der Waals surface area contributed by atoms with Crippen LogP contribution in [0.1, 0.15) is 26.1 Å². The minimum Gasteiger partial charge on any atom is -0.441 e. The zero-order valence-electron chi connectivity index (χ0n) is 15.9. The van der Waals surface area contributed by atoms with E-state index in [4.69, 9.17) is 16.3 Å². The molecule has 2 aromatic carbocycles. The lowest BCUT2D eigenvalue weighted by molar-refractivity contribution is 0.507. The van der Waals surface area contributed by atoms with Gasteiger partial charge in [0.2, 0.25) is 11.2 Å². The van der Waals surface area contributed by atoms with E-state index in [2.05, 4.69) is 52.7 Å². The summed E-state index contributed by atoms with van der Waals surface area (Å²) in [5, 5.41) is 16.1. The van der Waals surface area contributed by atoms with Gasteiger partial charge in [0.1, 0.15) is 5.75 Å². The van der Waals surface area contributed by atoms with Crippen LogP contribution in [-0.2, 0) is 6.42 Å². The van der Waals surface area contributed by atoms with Gasteiger partial charge >= 0.3 is 0 Å². The molecule has 1 aliphatic rings. The van der Waals surface area contributed by atoms with Crippen LogP contribution in [0.5, 0.6) is 5.75 Å². The molecule has 0 unspecified atom stereocenters. The molecule has 1 aromatic heterocycles. The molecular formula is C21H22ClN5O. The number of fused-ring (bicyclic) bond motifs is 1. The van der Waals surface area contributed by atoms with Gasteiger partial charge in [0.15, 0.2) is 5.82 Å². The molecule has 4 rings (SSSR count). The van der Waals surface area contributed by atoms with Crippen molar-refractivity contribution in [2.45, 2.75) is 26.7 Å². The van der Waals surface area contributed by atoms with E-state index >= 15 is 0 Å². The molecule has 0 amide bonds. The number of aromatic nitrogens is 3. The number of aryl methyl sites for hydroxylation is 1. The largest absolute Gasteiger partial charge is 0.441 e. The van der Waals surface area contributed by atoms with E-state index in [1.54, 1.807) is 0 Å². The van der Waals surface area contributed by atoms with E-state index in [9.17, 15) is 0 Å². The second-order valence-electron chi connectivity index (χ2n) is 7.14. The van der Waals surface area contributed by atoms with E-state index in [0.29, 0.717) is 24.7 Å². The molecule has 6 nitrogen and oxygen atoms in total. The van der Waals surface area contributed by atoms with Crippen molar-refractivity contribution in [3.63, 3.8) is 0 Å². The Morgan fingerprint density at radius 2 is 1.93 bits per heavy atom. The summed E-state index contributed by atoms with van der Waals surface area (Å²) in [6.45, 7) is 5.29. The number of hydrogen-bond donors (Lipinski definition) is 1. The summed E-state index contributed by atoms with van der Waals surface area (Å²) in [6, 6.07) is 16.3. The van der Waals surface area contributed by atoms with Crippen molar-refractivity contribution < 1.29 is 4.74 Å². The van der Waals surface area contributed by atoms with Gasteiger partial charge in [-0.25, -0.2) is 0 Å². The Bertz CT molecular complexity index is 997. The van der Waals surface area contributed by atoms with Gasteiger partial charge in [-0.3, -0.25) is 0 Å². The third-order valence-electron chi connectivity index (χ3n) is 4.45. The van der Waals surface area contributed by atoms with Crippen LogP contribution in [0, 0.1) is 5.92 Å². The van der Waals surface area contributed by atoms with Gasteiger partial charge < -0.3 is 10.1 Å². The van der Waals surface area contributed by atoms with Crippen LogP contribution in [0.3, 0.4) is 0 Å². The number of rotatable bonds is 5. The molecule has 2 heterocycles. The highest BCUT2D eigenvalue weighted by Crippen LogP contribution is 2.33. The maximum Gasteiger partial charge on any atom is 0.246 e. The number of nitrogens with zero attached hydrogens (tertiary/aromatic N) is 4. The quantitative estimate of drug-likeness (QED) is 0.670. The molecule has 3 aromatic rings. The van der Waals surface area contributed by atoms with E-state index in [1.807, 2.05) is 30.3 Å². The van der Waals surface area contributed by atoms with E-state index < -0.39 is 0 Å². The van der Waals surface area contributed by atoms with E-state index in [0.717, 1.165) is 34.9 Å². The number of anilines is 1. The Hall–Kier alpha value is -2.86. The summed E-state index contributed by atoms with van der Waals surface area (Å²) in [6.07, 6.45) is 1.34. The van der Waals surface area contributed by atoms with Gasteiger partial charge in [-0.1, -0.05) is 44.2 Å². The minimum atomic E-state index is 0.243. The van der Waals surface area contributed by atoms with Gasteiger partial charge in [-0.05, 0) is 41.3 Å². The fourth-order valence-corrected chi connectivity index (χ4v) is 3.19. The fourth-order valence-electron chi connectivity index (χ4n) is 3.02. The number of hydrogen-bond acceptors (Lipinski definition) is 5. The Labute approximate surface area is 169 Å². The smallest absolute Gasteiger partial charge is 0.246 e. The predicted molar refractivity (Wildman–Crippen MR) is 112 cm³/mol. The molecule has 0 aliphatic carbocycles. The lowest BCUT2D eigenvalue weighted by Crippen LogP contribution is -2.19. The number of halogens is 1. The monoisotopic (exact) mass is 395 g/mol. The summed E-state index contributed by atoms with van der Waals surface area (Å²) in [7, 11) is 0. The third-order valence-corrected chi connectivity index (χ3v) is 4.68. The van der Waals surface area contributed by atoms with Crippen molar-refractivity contribution in [2.24, 2.45) is 11.0 Å². The molecule has 0 saturated heterocycles. The van der Waals surface area contributed by atoms with E-state index in [-0.39, 0.29) is 5.28 Å². The van der Waals surface area contributed by atoms with Crippen molar-refractivity contribution in [3.8, 4) is 16.9 Å². The molecule has 144 valence electrons. The van der Waals surface area contributed by atoms with Crippen molar-refractivity contribution >= 4 is 23.2 Å². The molecular weight excluding hydrogens is 374 g/mol. The lowest BCUT2D eigenvalue weighted by Gasteiger charge is -2.18. The zero-order valence-corrected chi connectivity index (χ0v) is 16.6. The molecule has 28 heavy (non-hydrogen) atoms. The molecule has 7 heteroatoms. The summed E-state index contributed by atoms with van der Waals surface area (Å²) in [4.78, 5) is 0. The Kier molecular flexibility index (Phi) is 5.30. The van der Waals surface area contributed by atoms with Gasteiger partial charge in [0.25, 0.3) is 0 Å². The third kappa shape index (κ3) is 4.02. The molecule has 0 bridgehead atoms. The van der Waals surface area contributed by atoms with Crippen molar-refractivity contribution in [1.29, 1.82) is 0 Å². The molecule has 1 N–H and O–H groups in total. The van der Waals surface area contributed by atoms with Crippen molar-refractivity contribution in [3.05, 3.63) is 59.6 Å². The van der Waals surface area contributed by atoms with Gasteiger partial charge in [-0.15, -0.1) is 15.3 Å². The predicted octanol–water partition coefficient (Wildman–Crippen LogP) is 4.85. The molecule has 0 saturated carbocycles. The minimum absolute atomic E-state index is 0.243. The number of benzene rings is 2. The highest BCUT2D eigenvalue weighted by molar-refractivity contribution is 6.28. The van der Waals surface area contributed by atoms with Crippen LogP contribution in [0.25, 0.3) is 11.1 Å². The average molecular weight is 396 g/mol. The molecule has 0 spiro atoms. The first kappa shape index (κ1) is 18.5. The summed E-state index contributed by atoms with van der Waals surface area (Å²) < 4.78 is 7.72. The van der Waals surface area contributed by atoms with Crippen molar-refractivity contribution in [2.75, 3.05) is 11.9 Å². The second-order valence-corrected chi connectivity index (χ2v) is 7.48. The van der Waals surface area contributed by atoms with E-state index in [1.165, 1.54) is 4.68 Å². The van der Waals surface area contributed by atoms with Crippen LogP contribution in [0.2, 0.25) is 5.28 Å². The Morgan fingerprint density at radius 3 is 2.71 bits per heavy atom. The van der Waals surface area contributed by atoms with Gasteiger partial charge in [0, 0.05) is 30.6 Å². The van der Waals surface area contributed by atoms with Crippen LogP contribution < -0.4 is 10.1 Å². The highest BCUT2D eigenvalue weighted by Gasteiger charge is 2.19. The SMILES string of the molecule is CC(C)CNc1ccc(OC2=Nn3c(Cl)nnc3CC2)c(-c2ccccc2)c1. The maximum atomic E-state index is 6.19. The fraction of sp³-hybridized carbons (Fsp3) is 0.286. The molecule has 0 fully saturated rings. The Morgan fingerprint density at radius 1 is 1.11 bits per heavy atom. The number of nitrogens with one attached hydrogen (secondary N) is 1. The topological polar surface area (TPSA) is 64.3 Å². The summed E-state index contributed by atoms with van der Waals surface area (Å²) in [5.74, 6) is 2.66. The molecule has 0 atom stereocenters. The molecule has 0 radical (unpaired) electrons. The van der Waals surface area contributed by atoms with Crippen LogP contribution in [-0.4, -0.2) is 27.3 Å². The first-order chi connectivity index (χ1) is 13.6. The van der Waals surface area contributed by atoms with Gasteiger partial charge in [-0.2, -0.15) is 4.68 Å². The van der Waals surface area contributed by atoms with Crippen LogP contribution >= 0.6 is 11.6 Å². The lowest BCUT2D eigenvalue weighted by atomic mass is 10.0. The highest BCUT2D eigenvalue weighted by atomic mass is 35.5. The maximum absolute atomic E-state index is 6.19. The Balaban J connectivity index is 1.66. The van der Waals surface area contributed by atoms with Crippen LogP contribution in [0.15, 0.2) is 53.6 Å². The normalized spacial score (nSPS) is 13.2. The van der Waals surface area contributed by atoms with Crippen LogP contribution in [0.4, 0.5) is 5.69 Å². The second kappa shape index (κ2) is 8.02. The molecule has 1 aliphatic heterocycles. The average Bonchev–Trinajstić information content (AvgIpc) is 3.08. The standard InChI is InChI=1S/C21H22ClN5O/c1-14(2)13-23-16-8-9-18(17(12-16)15-6-4-3-5-7-15)28-20-11-10-19-24-25-21(22)27(19)26-20/h3-9,12,14,23H,10-11,13H2,1-2H3. The van der Waals surface area contributed by atoms with Crippen molar-refractivity contribution in [1.82, 2.24) is 14.9 Å². The first-order valence-corrected chi connectivity index (χ1v) is 9.77. The number of ether oxygens (including phenoxy) is 1. The zero-order chi connectivity index (χ0) is 19.5. The summed E-state index contributed by atoms with van der Waals surface area (Å²) >= 11 is 6.05. The summed E-state index contributed by atoms with van der Waals surface area (Å²) in [5.41, 5.74) is 3.16. The van der Waals surface area contributed by atoms with Gasteiger partial charge in [0.05, 0.1) is 0 Å².